The number of hydrogen-bond donors (Lipinski definition) is 0. The van der Waals surface area contributed by atoms with Crippen molar-refractivity contribution in [2.75, 3.05) is 0 Å². The third-order valence-electron chi connectivity index (χ3n) is 13.0. The summed E-state index contributed by atoms with van der Waals surface area (Å²) in [6.07, 6.45) is 15.1. The molecule has 0 heterocycles. The first-order chi connectivity index (χ1) is 35.7. The molecule has 12 rings (SSSR count). The summed E-state index contributed by atoms with van der Waals surface area (Å²) in [7, 11) is -2.28. The molecule has 0 saturated carbocycles. The summed E-state index contributed by atoms with van der Waals surface area (Å²) in [4.78, 5) is 0. The van der Waals surface area contributed by atoms with Crippen LogP contribution in [0.15, 0.2) is 291 Å². The third-order valence-corrected chi connectivity index (χ3v) is 18.8. The molecule has 0 radical (unpaired) electrons. The molecule has 0 spiro atoms. The first-order valence-electron chi connectivity index (χ1n) is 24.2. The molecule has 0 nitrogen and oxygen atoms in total. The van der Waals surface area contributed by atoms with Crippen molar-refractivity contribution in [2.24, 2.45) is 0 Å². The second-order valence-corrected chi connectivity index (χ2v) is 22.2. The molecule has 4 heteroatoms. The predicted molar refractivity (Wildman–Crippen MR) is 315 cm³/mol. The van der Waals surface area contributed by atoms with Gasteiger partial charge in [0.15, 0.2) is 0 Å². The predicted octanol–water partition coefficient (Wildman–Crippen LogP) is 14.7. The smallest absolute Gasteiger partial charge is 0.366 e. The van der Waals surface area contributed by atoms with Crippen LogP contribution in [0.5, 0.6) is 0 Å². The van der Waals surface area contributed by atoms with Gasteiger partial charge in [-0.3, -0.25) is 11.8 Å². The maximum Gasteiger partial charge on any atom is 1.00 e. The molecule has 0 fully saturated rings. The summed E-state index contributed by atoms with van der Waals surface area (Å²) < 4.78 is 0. The van der Waals surface area contributed by atoms with Crippen molar-refractivity contribution < 1.29 is 44.8 Å². The first kappa shape index (κ1) is 53.2. The van der Waals surface area contributed by atoms with Crippen LogP contribution in [0.3, 0.4) is 0 Å². The van der Waals surface area contributed by atoms with Gasteiger partial charge in [-0.05, 0) is 99.1 Å². The van der Waals surface area contributed by atoms with Crippen LogP contribution in [0.1, 0.15) is 11.1 Å². The maximum atomic E-state index is 7.73. The van der Waals surface area contributed by atoms with Gasteiger partial charge in [0.25, 0.3) is 0 Å². The quantitative estimate of drug-likeness (QED) is 0.0468. The van der Waals surface area contributed by atoms with E-state index in [2.05, 4.69) is 242 Å². The van der Waals surface area contributed by atoms with Gasteiger partial charge >= 0.3 is 44.8 Å². The Morgan fingerprint density at radius 2 is 0.581 bits per heavy atom. The van der Waals surface area contributed by atoms with E-state index in [1.54, 1.807) is 0 Å². The van der Waals surface area contributed by atoms with Crippen LogP contribution in [-0.4, -0.2) is 0 Å². The van der Waals surface area contributed by atoms with Gasteiger partial charge in [-0.25, -0.2) is 0 Å². The van der Waals surface area contributed by atoms with Gasteiger partial charge in [0.2, 0.25) is 0 Å². The van der Waals surface area contributed by atoms with E-state index in [0.717, 1.165) is 27.3 Å². The number of rotatable bonds is 8. The largest absolute Gasteiger partial charge is 1.00 e. The van der Waals surface area contributed by atoms with Crippen LogP contribution in [0.25, 0.3) is 54.6 Å². The molecule has 0 aromatic heterocycles. The number of fused-ring (bicyclic) bond motifs is 3. The van der Waals surface area contributed by atoms with E-state index in [0.29, 0.717) is 0 Å². The van der Waals surface area contributed by atoms with Crippen molar-refractivity contribution in [3.63, 3.8) is 0 Å². The first-order valence-corrected chi connectivity index (χ1v) is 27.2. The minimum atomic E-state index is -1.14. The van der Waals surface area contributed by atoms with Gasteiger partial charge in [0, 0.05) is 0 Å². The van der Waals surface area contributed by atoms with Gasteiger partial charge < -0.3 is 12.8 Å². The van der Waals surface area contributed by atoms with E-state index in [9.17, 15) is 0 Å². The van der Waals surface area contributed by atoms with Crippen molar-refractivity contribution in [3.8, 4) is 34.1 Å². The summed E-state index contributed by atoms with van der Waals surface area (Å²) in [6.45, 7) is 0. The Morgan fingerprint density at radius 3 is 0.959 bits per heavy atom. The fraction of sp³-hybridized carbons (Fsp3) is 0. The Bertz CT molecular complexity index is 3580. The molecular weight excluding hydrogens is 1210 g/mol. The zero-order valence-corrected chi connectivity index (χ0v) is 46.0. The second-order valence-electron chi connectivity index (χ2n) is 17.3. The Kier molecular flexibility index (Phi) is 18.8. The average Bonchev–Trinajstić information content (AvgIpc) is 3.47. The van der Waals surface area contributed by atoms with Crippen LogP contribution >= 0.6 is 15.8 Å². The molecule has 0 aliphatic heterocycles. The van der Waals surface area contributed by atoms with Crippen molar-refractivity contribution >= 4 is 80.0 Å². The summed E-state index contributed by atoms with van der Waals surface area (Å²) in [5.41, 5.74) is 6.53. The zero-order valence-electron chi connectivity index (χ0n) is 40.3. The molecule has 0 amide bonds. The van der Waals surface area contributed by atoms with E-state index < -0.39 is 15.8 Å². The standard InChI is InChI=1S/C30H24P2.C22H13.C18H11.Ag.Au/c1-5-15-25(16-6-1)31(26-17-7-2-8-18-26)29-23-13-14-24-30(29)32(27-19-9-3-10-20-27)28-21-11-4-12-22-28;1-2-17-18-12-6-8-14-20(18)22(16-10-4-3-5-11-16)21-15-9-7-13-19(17)21;1-2-14-12-13-17(15-8-4-3-5-9-15)18-11-7-6-10-16(14)18;;/h1-24H;3-15H;3-13H;;/q;2*-1;2*+1/p+2. The summed E-state index contributed by atoms with van der Waals surface area (Å²) in [5, 5.41) is 15.5. The van der Waals surface area contributed by atoms with E-state index in [1.165, 1.54) is 70.2 Å². The molecular formula is C70H50AgAuP2+2. The topological polar surface area (TPSA) is 0 Å². The normalized spacial score (nSPS) is 10.4. The SMILES string of the molecule is [Ag+].[Au+].[C-]#Cc1c2ccccc2c(-c2ccccc2)c2ccccc12.[C-]#Cc1ccc(-c2ccccc2)c2ccccc12.c1ccc([PH+](c2ccccc2)c2ccccc2[PH+](c2ccccc2)c2ccccc2)cc1. The molecule has 74 heavy (non-hydrogen) atoms. The molecule has 360 valence electrons. The molecule has 0 N–H and O–H groups in total. The van der Waals surface area contributed by atoms with Gasteiger partial charge in [0.05, 0.1) is 0 Å². The maximum absolute atomic E-state index is 7.73. The Labute approximate surface area is 470 Å². The van der Waals surface area contributed by atoms with E-state index in [-0.39, 0.29) is 44.8 Å². The van der Waals surface area contributed by atoms with Gasteiger partial charge in [-0.15, -0.1) is 17.2 Å². The molecule has 0 saturated heterocycles. The Balaban J connectivity index is 0.000000153. The molecule has 0 atom stereocenters. The van der Waals surface area contributed by atoms with E-state index >= 15 is 0 Å². The van der Waals surface area contributed by atoms with Crippen LogP contribution < -0.4 is 31.8 Å². The van der Waals surface area contributed by atoms with Crippen LogP contribution in [-0.2, 0) is 44.8 Å². The average molecular weight is 1260 g/mol. The van der Waals surface area contributed by atoms with Crippen molar-refractivity contribution in [1.29, 1.82) is 0 Å². The van der Waals surface area contributed by atoms with Gasteiger partial charge in [-0.1, -0.05) is 241 Å². The summed E-state index contributed by atoms with van der Waals surface area (Å²) in [6, 6.07) is 103. The van der Waals surface area contributed by atoms with Gasteiger partial charge in [0.1, 0.15) is 47.7 Å². The molecule has 12 aromatic carbocycles. The van der Waals surface area contributed by atoms with Crippen molar-refractivity contribution in [2.45, 2.75) is 0 Å². The fourth-order valence-corrected chi connectivity index (χ4v) is 15.7. The number of hydrogen-bond acceptors (Lipinski definition) is 0. The second kappa shape index (κ2) is 26.2. The fourth-order valence-electron chi connectivity index (χ4n) is 9.75. The molecule has 0 bridgehead atoms. The van der Waals surface area contributed by atoms with E-state index in [4.69, 9.17) is 12.8 Å². The monoisotopic (exact) mass is 1260 g/mol. The summed E-state index contributed by atoms with van der Waals surface area (Å²) >= 11 is 0. The minimum Gasteiger partial charge on any atom is -0.366 e. The molecule has 0 unspecified atom stereocenters. The third kappa shape index (κ3) is 11.8. The molecule has 12 aromatic rings. The van der Waals surface area contributed by atoms with Gasteiger partial charge in [-0.2, -0.15) is 0 Å². The van der Waals surface area contributed by atoms with Crippen LogP contribution in [0, 0.1) is 24.7 Å². The van der Waals surface area contributed by atoms with E-state index in [1.807, 2.05) is 60.7 Å². The molecule has 0 aliphatic carbocycles. The van der Waals surface area contributed by atoms with Crippen LogP contribution in [0.2, 0.25) is 0 Å². The van der Waals surface area contributed by atoms with Crippen molar-refractivity contribution in [1.82, 2.24) is 0 Å². The van der Waals surface area contributed by atoms with Crippen LogP contribution in [0.4, 0.5) is 0 Å². The van der Waals surface area contributed by atoms with Crippen molar-refractivity contribution in [3.05, 3.63) is 315 Å². The minimum absolute atomic E-state index is 0. The Hall–Kier alpha value is -7.12. The Morgan fingerprint density at radius 1 is 0.270 bits per heavy atom. The number of benzene rings is 12. The molecule has 0 aliphatic rings. The zero-order chi connectivity index (χ0) is 48.9. The summed E-state index contributed by atoms with van der Waals surface area (Å²) in [5.74, 6) is 5.14.